The van der Waals surface area contributed by atoms with E-state index in [0.29, 0.717) is 0 Å². The van der Waals surface area contributed by atoms with Crippen molar-refractivity contribution in [3.63, 3.8) is 0 Å². The maximum atomic E-state index is 8.49. The van der Waals surface area contributed by atoms with Gasteiger partial charge in [-0.1, -0.05) is 66.7 Å². The second kappa shape index (κ2) is 9.21. The normalized spacial score (nSPS) is 11.2. The van der Waals surface area contributed by atoms with Crippen molar-refractivity contribution < 1.29 is 28.9 Å². The number of halogens is 1. The Morgan fingerprint density at radius 2 is 0.929 bits per heavy atom. The number of rotatable bonds is 3. The molecule has 0 N–H and O–H groups in total. The molecule has 0 aromatic heterocycles. The minimum absolute atomic E-state index is 0.0892. The van der Waals surface area contributed by atoms with Crippen molar-refractivity contribution in [2.45, 2.75) is 14.7 Å². The van der Waals surface area contributed by atoms with E-state index in [1.165, 1.54) is 25.5 Å². The summed E-state index contributed by atoms with van der Waals surface area (Å²) in [6.07, 6.45) is 0. The predicted octanol–water partition coefficient (Wildman–Crippen LogP) is 1.18. The third kappa shape index (κ3) is 5.56. The van der Waals surface area contributed by atoms with E-state index < -0.39 is 10.2 Å². The standard InChI is InChI=1S/C22H17S.ClHO4/c1-3-12-19(13-4-1)23(20-14-5-2-6-15-20)22-17-9-11-18-10-7-8-16-21(18)22;2-1(3,4)5/h1-17H;(H,2,3,4,5)/q+1;/p-1. The zero-order valence-electron chi connectivity index (χ0n) is 14.7. The molecule has 4 nitrogen and oxygen atoms in total. The van der Waals surface area contributed by atoms with E-state index in [4.69, 9.17) is 18.6 Å². The Bertz CT molecular complexity index is 970. The Labute approximate surface area is 168 Å². The molecule has 4 aromatic carbocycles. The van der Waals surface area contributed by atoms with Gasteiger partial charge in [-0.25, -0.2) is 18.6 Å². The van der Waals surface area contributed by atoms with Crippen molar-refractivity contribution in [3.8, 4) is 0 Å². The molecule has 0 saturated heterocycles. The maximum absolute atomic E-state index is 8.49. The lowest BCUT2D eigenvalue weighted by atomic mass is 10.1. The minimum Gasteiger partial charge on any atom is -0.222 e. The molecule has 0 amide bonds. The van der Waals surface area contributed by atoms with Crippen molar-refractivity contribution in [3.05, 3.63) is 103 Å². The molecule has 0 unspecified atom stereocenters. The van der Waals surface area contributed by atoms with Crippen molar-refractivity contribution in [2.24, 2.45) is 0 Å². The zero-order chi connectivity index (χ0) is 20.0. The molecule has 0 fully saturated rings. The van der Waals surface area contributed by atoms with Crippen LogP contribution in [0, 0.1) is 10.2 Å². The second-order valence-corrected chi connectivity index (χ2v) is 8.54. The Hall–Kier alpha value is -2.38. The Kier molecular flexibility index (Phi) is 6.70. The summed E-state index contributed by atoms with van der Waals surface area (Å²) in [6, 6.07) is 36.9. The second-order valence-electron chi connectivity index (χ2n) is 5.79. The first-order valence-corrected chi connectivity index (χ1v) is 10.8. The van der Waals surface area contributed by atoms with Crippen LogP contribution in [0.3, 0.4) is 0 Å². The van der Waals surface area contributed by atoms with E-state index in [1.807, 2.05) is 0 Å². The van der Waals surface area contributed by atoms with Gasteiger partial charge in [0.05, 0.1) is 10.9 Å². The number of hydrogen-bond donors (Lipinski definition) is 0. The molecular formula is C22H17ClO4S. The highest BCUT2D eigenvalue weighted by molar-refractivity contribution is 7.97. The predicted molar refractivity (Wildman–Crippen MR) is 99.0 cm³/mol. The molecule has 142 valence electrons. The van der Waals surface area contributed by atoms with E-state index >= 15 is 0 Å². The molecule has 0 aliphatic heterocycles. The molecule has 28 heavy (non-hydrogen) atoms. The van der Waals surface area contributed by atoms with Gasteiger partial charge in [0, 0.05) is 5.39 Å². The summed E-state index contributed by atoms with van der Waals surface area (Å²) in [5, 5.41) is 2.64. The van der Waals surface area contributed by atoms with Gasteiger partial charge < -0.3 is 0 Å². The van der Waals surface area contributed by atoms with Crippen LogP contribution in [0.15, 0.2) is 118 Å². The van der Waals surface area contributed by atoms with Crippen LogP contribution in [0.2, 0.25) is 0 Å². The molecule has 0 aliphatic rings. The number of hydrogen-bond acceptors (Lipinski definition) is 4. The lowest BCUT2D eigenvalue weighted by Crippen LogP contribution is -2.68. The van der Waals surface area contributed by atoms with Crippen LogP contribution in [0.25, 0.3) is 10.8 Å². The fourth-order valence-electron chi connectivity index (χ4n) is 2.88. The van der Waals surface area contributed by atoms with Gasteiger partial charge in [0.25, 0.3) is 0 Å². The molecule has 0 bridgehead atoms. The Balaban J connectivity index is 0.000000403. The smallest absolute Gasteiger partial charge is 0.174 e. The summed E-state index contributed by atoms with van der Waals surface area (Å²) in [5.74, 6) is 0. The number of fused-ring (bicyclic) bond motifs is 1. The van der Waals surface area contributed by atoms with E-state index in [2.05, 4.69) is 103 Å². The maximum Gasteiger partial charge on any atom is 0.174 e. The van der Waals surface area contributed by atoms with E-state index in [0.717, 1.165) is 0 Å². The summed E-state index contributed by atoms with van der Waals surface area (Å²) in [6.45, 7) is 0. The first-order valence-electron chi connectivity index (χ1n) is 8.37. The first kappa shape index (κ1) is 20.4. The summed E-state index contributed by atoms with van der Waals surface area (Å²) < 4.78 is 34.0. The quantitative estimate of drug-likeness (QED) is 0.472. The highest BCUT2D eigenvalue weighted by Gasteiger charge is 2.29. The van der Waals surface area contributed by atoms with Crippen molar-refractivity contribution in [1.29, 1.82) is 0 Å². The molecule has 6 heteroatoms. The lowest BCUT2D eigenvalue weighted by molar-refractivity contribution is -2.00. The SMILES string of the molecule is [O-][Cl+3]([O-])([O-])[O-].c1ccc([S+](c2ccccc2)c2cccc3ccccc23)cc1. The highest BCUT2D eigenvalue weighted by Crippen LogP contribution is 2.35. The lowest BCUT2D eigenvalue weighted by Gasteiger charge is -2.17. The average Bonchev–Trinajstić information content (AvgIpc) is 2.69. The Morgan fingerprint density at radius 1 is 0.500 bits per heavy atom. The summed E-state index contributed by atoms with van der Waals surface area (Å²) in [5.41, 5.74) is 0. The van der Waals surface area contributed by atoms with Gasteiger partial charge in [-0.05, 0) is 41.8 Å². The van der Waals surface area contributed by atoms with Crippen molar-refractivity contribution in [2.75, 3.05) is 0 Å². The van der Waals surface area contributed by atoms with Crippen LogP contribution < -0.4 is 18.6 Å². The third-order valence-electron chi connectivity index (χ3n) is 3.93. The molecule has 0 aliphatic carbocycles. The number of benzene rings is 4. The van der Waals surface area contributed by atoms with Gasteiger partial charge >= 0.3 is 0 Å². The highest BCUT2D eigenvalue weighted by atomic mass is 35.7. The average molecular weight is 413 g/mol. The first-order chi connectivity index (χ1) is 13.4. The molecular weight excluding hydrogens is 396 g/mol. The minimum atomic E-state index is -4.94. The van der Waals surface area contributed by atoms with Crippen molar-refractivity contribution in [1.82, 2.24) is 0 Å². The van der Waals surface area contributed by atoms with Crippen LogP contribution in [0.5, 0.6) is 0 Å². The fraction of sp³-hybridized carbons (Fsp3) is 0. The van der Waals surface area contributed by atoms with Gasteiger partial charge in [-0.2, -0.15) is 0 Å². The van der Waals surface area contributed by atoms with E-state index in [9.17, 15) is 0 Å². The molecule has 0 saturated carbocycles. The molecule has 4 aromatic rings. The van der Waals surface area contributed by atoms with Crippen LogP contribution in [-0.2, 0) is 10.9 Å². The molecule has 0 heterocycles. The monoisotopic (exact) mass is 412 g/mol. The van der Waals surface area contributed by atoms with Crippen LogP contribution >= 0.6 is 0 Å². The van der Waals surface area contributed by atoms with Gasteiger partial charge in [0.1, 0.15) is 0 Å². The van der Waals surface area contributed by atoms with Crippen LogP contribution in [-0.4, -0.2) is 0 Å². The van der Waals surface area contributed by atoms with E-state index in [1.54, 1.807) is 0 Å². The van der Waals surface area contributed by atoms with Gasteiger partial charge in [0.2, 0.25) is 0 Å². The van der Waals surface area contributed by atoms with Crippen molar-refractivity contribution >= 4 is 21.7 Å². The molecule has 0 spiro atoms. The van der Waals surface area contributed by atoms with Gasteiger partial charge in [0.15, 0.2) is 14.7 Å². The summed E-state index contributed by atoms with van der Waals surface area (Å²) in [4.78, 5) is 4.10. The van der Waals surface area contributed by atoms with Crippen LogP contribution in [0.4, 0.5) is 0 Å². The zero-order valence-corrected chi connectivity index (χ0v) is 16.3. The van der Waals surface area contributed by atoms with Gasteiger partial charge in [-0.15, -0.1) is 10.2 Å². The molecule has 0 radical (unpaired) electrons. The largest absolute Gasteiger partial charge is 0.222 e. The van der Waals surface area contributed by atoms with E-state index in [-0.39, 0.29) is 10.9 Å². The van der Waals surface area contributed by atoms with Crippen LogP contribution in [0.1, 0.15) is 0 Å². The summed E-state index contributed by atoms with van der Waals surface area (Å²) in [7, 11) is -5.03. The third-order valence-corrected chi connectivity index (χ3v) is 6.21. The molecule has 4 rings (SSSR count). The fourth-order valence-corrected chi connectivity index (χ4v) is 5.14. The van der Waals surface area contributed by atoms with Gasteiger partial charge in [-0.3, -0.25) is 0 Å². The Morgan fingerprint density at radius 3 is 1.46 bits per heavy atom. The topological polar surface area (TPSA) is 92.2 Å². The summed E-state index contributed by atoms with van der Waals surface area (Å²) >= 11 is 0. The molecule has 0 atom stereocenters.